The van der Waals surface area contributed by atoms with E-state index in [4.69, 9.17) is 23.2 Å². The first-order chi connectivity index (χ1) is 12.0. The third kappa shape index (κ3) is 4.17. The van der Waals surface area contributed by atoms with Gasteiger partial charge in [-0.25, -0.2) is 5.43 Å². The van der Waals surface area contributed by atoms with E-state index < -0.39 is 11.8 Å². The second kappa shape index (κ2) is 7.38. The van der Waals surface area contributed by atoms with Crippen molar-refractivity contribution < 1.29 is 9.59 Å². The quantitative estimate of drug-likeness (QED) is 0.437. The monoisotopic (exact) mass is 374 g/mol. The highest BCUT2D eigenvalue weighted by molar-refractivity contribution is 6.42. The highest BCUT2D eigenvalue weighted by Gasteiger charge is 2.21. The van der Waals surface area contributed by atoms with Crippen molar-refractivity contribution in [2.75, 3.05) is 10.6 Å². The van der Waals surface area contributed by atoms with E-state index in [1.807, 2.05) is 30.3 Å². The molecule has 8 heteroatoms. The Morgan fingerprint density at radius 2 is 1.68 bits per heavy atom. The van der Waals surface area contributed by atoms with Gasteiger partial charge in [0.1, 0.15) is 5.70 Å². The molecule has 0 atom stereocenters. The van der Waals surface area contributed by atoms with Crippen molar-refractivity contribution in [1.82, 2.24) is 5.43 Å². The Labute approximate surface area is 153 Å². The highest BCUT2D eigenvalue weighted by Crippen LogP contribution is 2.35. The lowest BCUT2D eigenvalue weighted by Crippen LogP contribution is -2.28. The van der Waals surface area contributed by atoms with Gasteiger partial charge in [-0.3, -0.25) is 9.59 Å². The zero-order chi connectivity index (χ0) is 17.8. The van der Waals surface area contributed by atoms with E-state index in [2.05, 4.69) is 21.2 Å². The molecule has 2 aromatic rings. The van der Waals surface area contributed by atoms with Gasteiger partial charge in [-0.15, -0.1) is 0 Å². The summed E-state index contributed by atoms with van der Waals surface area (Å²) in [5, 5.41) is 9.97. The average molecular weight is 375 g/mol. The number of benzene rings is 2. The van der Waals surface area contributed by atoms with Gasteiger partial charge in [0.05, 0.1) is 27.6 Å². The fourth-order valence-electron chi connectivity index (χ4n) is 2.12. The predicted molar refractivity (Wildman–Crippen MR) is 99.0 cm³/mol. The first-order valence-electron chi connectivity index (χ1n) is 7.20. The Hall–Kier alpha value is -2.83. The van der Waals surface area contributed by atoms with E-state index in [1.54, 1.807) is 6.07 Å². The Bertz CT molecular complexity index is 895. The Kier molecular flexibility index (Phi) is 5.02. The predicted octanol–water partition coefficient (Wildman–Crippen LogP) is 3.39. The van der Waals surface area contributed by atoms with Crippen molar-refractivity contribution in [2.45, 2.75) is 0 Å². The normalized spacial score (nSPS) is 14.8. The van der Waals surface area contributed by atoms with Gasteiger partial charge >= 0.3 is 0 Å². The molecule has 0 radical (unpaired) electrons. The molecule has 0 spiro atoms. The minimum Gasteiger partial charge on any atom is -0.349 e. The molecule has 1 aliphatic heterocycles. The summed E-state index contributed by atoms with van der Waals surface area (Å²) in [4.78, 5) is 24.0. The van der Waals surface area contributed by atoms with Gasteiger partial charge in [0.2, 0.25) is 0 Å². The van der Waals surface area contributed by atoms with Crippen LogP contribution in [-0.2, 0) is 9.59 Å². The molecule has 0 aliphatic carbocycles. The third-order valence-corrected chi connectivity index (χ3v) is 4.01. The lowest BCUT2D eigenvalue weighted by molar-refractivity contribution is -0.117. The summed E-state index contributed by atoms with van der Waals surface area (Å²) < 4.78 is 0. The van der Waals surface area contributed by atoms with Crippen molar-refractivity contribution in [3.05, 3.63) is 69.8 Å². The van der Waals surface area contributed by atoms with Gasteiger partial charge < -0.3 is 10.6 Å². The fraction of sp³-hybridized carbons (Fsp3) is 0. The van der Waals surface area contributed by atoms with Gasteiger partial charge in [0.15, 0.2) is 0 Å². The largest absolute Gasteiger partial charge is 0.349 e. The van der Waals surface area contributed by atoms with E-state index in [0.29, 0.717) is 21.4 Å². The standard InChI is InChI=1S/C17H12Cl2N4O2/c18-11-6-13-14(7-12(11)19)22-17(25)15(21-13)8-16(24)23-20-9-10-4-2-1-3-5-10/h1-9,21H,(H,22,25)(H,23,24)/b15-8+,20-9+. The number of rotatable bonds is 3. The minimum absolute atomic E-state index is 0.0679. The summed E-state index contributed by atoms with van der Waals surface area (Å²) in [6.45, 7) is 0. The summed E-state index contributed by atoms with van der Waals surface area (Å²) in [5.74, 6) is -1.01. The smallest absolute Gasteiger partial charge is 0.272 e. The Morgan fingerprint density at radius 3 is 2.36 bits per heavy atom. The van der Waals surface area contributed by atoms with Gasteiger partial charge in [0, 0.05) is 6.08 Å². The molecule has 0 aromatic heterocycles. The van der Waals surface area contributed by atoms with Gasteiger partial charge in [0.25, 0.3) is 11.8 Å². The maximum absolute atomic E-state index is 12.0. The zero-order valence-corrected chi connectivity index (χ0v) is 14.2. The second-order valence-corrected chi connectivity index (χ2v) is 5.91. The van der Waals surface area contributed by atoms with Crippen LogP contribution in [0.5, 0.6) is 0 Å². The Balaban J connectivity index is 1.70. The van der Waals surface area contributed by atoms with Crippen LogP contribution in [0.15, 0.2) is 59.3 Å². The number of hydrogen-bond acceptors (Lipinski definition) is 4. The highest BCUT2D eigenvalue weighted by atomic mass is 35.5. The molecule has 25 heavy (non-hydrogen) atoms. The molecule has 0 saturated heterocycles. The summed E-state index contributed by atoms with van der Waals surface area (Å²) in [6.07, 6.45) is 2.62. The topological polar surface area (TPSA) is 82.6 Å². The summed E-state index contributed by atoms with van der Waals surface area (Å²) in [5.41, 5.74) is 4.26. The minimum atomic E-state index is -0.548. The number of carbonyl (C=O) groups excluding carboxylic acids is 2. The van der Waals surface area contributed by atoms with E-state index in [-0.39, 0.29) is 5.70 Å². The van der Waals surface area contributed by atoms with E-state index in [0.717, 1.165) is 11.6 Å². The molecule has 1 aliphatic rings. The van der Waals surface area contributed by atoms with Gasteiger partial charge in [-0.1, -0.05) is 53.5 Å². The van der Waals surface area contributed by atoms with E-state index >= 15 is 0 Å². The molecule has 126 valence electrons. The van der Waals surface area contributed by atoms with Crippen LogP contribution in [0.4, 0.5) is 11.4 Å². The summed E-state index contributed by atoms with van der Waals surface area (Å²) in [6, 6.07) is 12.4. The maximum atomic E-state index is 12.0. The van der Waals surface area contributed by atoms with Crippen LogP contribution in [0.3, 0.4) is 0 Å². The molecule has 0 unspecified atom stereocenters. The van der Waals surface area contributed by atoms with Crippen molar-refractivity contribution in [2.24, 2.45) is 5.10 Å². The van der Waals surface area contributed by atoms with Gasteiger partial charge in [-0.2, -0.15) is 5.10 Å². The van der Waals surface area contributed by atoms with Crippen LogP contribution in [-0.4, -0.2) is 18.0 Å². The number of nitrogens with zero attached hydrogens (tertiary/aromatic N) is 1. The number of halogens is 2. The number of hydrazone groups is 1. The Morgan fingerprint density at radius 1 is 1.04 bits per heavy atom. The second-order valence-electron chi connectivity index (χ2n) is 5.09. The van der Waals surface area contributed by atoms with Crippen LogP contribution in [0.25, 0.3) is 0 Å². The lowest BCUT2D eigenvalue weighted by Gasteiger charge is -2.21. The number of fused-ring (bicyclic) bond motifs is 1. The van der Waals surface area contributed by atoms with Crippen molar-refractivity contribution in [1.29, 1.82) is 0 Å². The maximum Gasteiger partial charge on any atom is 0.272 e. The lowest BCUT2D eigenvalue weighted by atomic mass is 10.2. The van der Waals surface area contributed by atoms with Crippen LogP contribution in [0, 0.1) is 0 Å². The number of amides is 2. The molecular formula is C17H12Cl2N4O2. The first-order valence-corrected chi connectivity index (χ1v) is 7.96. The van der Waals surface area contributed by atoms with E-state index in [1.165, 1.54) is 12.3 Å². The van der Waals surface area contributed by atoms with Crippen LogP contribution < -0.4 is 16.1 Å². The molecule has 2 amide bonds. The molecule has 1 heterocycles. The first kappa shape index (κ1) is 17.0. The van der Waals surface area contributed by atoms with Crippen molar-refractivity contribution in [3.63, 3.8) is 0 Å². The van der Waals surface area contributed by atoms with E-state index in [9.17, 15) is 9.59 Å². The van der Waals surface area contributed by atoms with Crippen molar-refractivity contribution >= 4 is 52.6 Å². The molecule has 3 rings (SSSR count). The number of carbonyl (C=O) groups is 2. The molecular weight excluding hydrogens is 363 g/mol. The number of anilines is 2. The molecule has 0 bridgehead atoms. The SMILES string of the molecule is O=C(/C=C1/Nc2cc(Cl)c(Cl)cc2NC1=O)N/N=C/c1ccccc1. The van der Waals surface area contributed by atoms with Crippen LogP contribution in [0.1, 0.15) is 5.56 Å². The summed E-state index contributed by atoms with van der Waals surface area (Å²) in [7, 11) is 0. The van der Waals surface area contributed by atoms with Crippen LogP contribution in [0.2, 0.25) is 10.0 Å². The molecule has 0 fully saturated rings. The van der Waals surface area contributed by atoms with Crippen LogP contribution >= 0.6 is 23.2 Å². The molecule has 0 saturated carbocycles. The number of nitrogens with one attached hydrogen (secondary N) is 3. The third-order valence-electron chi connectivity index (χ3n) is 3.29. The summed E-state index contributed by atoms with van der Waals surface area (Å²) >= 11 is 11.9. The molecule has 2 aromatic carbocycles. The average Bonchev–Trinajstić information content (AvgIpc) is 2.58. The molecule has 6 nitrogen and oxygen atoms in total. The van der Waals surface area contributed by atoms with Gasteiger partial charge in [-0.05, 0) is 17.7 Å². The molecule has 3 N–H and O–H groups in total. The van der Waals surface area contributed by atoms with Crippen molar-refractivity contribution in [3.8, 4) is 0 Å². The fourth-order valence-corrected chi connectivity index (χ4v) is 2.45. The number of hydrogen-bond donors (Lipinski definition) is 3. The zero-order valence-electron chi connectivity index (χ0n) is 12.7.